The Balaban J connectivity index is 2.68. The molecule has 2 nitrogen and oxygen atoms in total. The summed E-state index contributed by atoms with van der Waals surface area (Å²) in [7, 11) is 0. The molecule has 0 saturated heterocycles. The maximum atomic E-state index is 9.68. The molecule has 0 amide bonds. The van der Waals surface area contributed by atoms with E-state index in [4.69, 9.17) is 11.6 Å². The van der Waals surface area contributed by atoms with E-state index in [1.807, 2.05) is 0 Å². The molecule has 1 aromatic rings. The summed E-state index contributed by atoms with van der Waals surface area (Å²) in [6, 6.07) is 6.78. The average molecular weight is 233 g/mol. The molecule has 0 bridgehead atoms. The zero-order chi connectivity index (χ0) is 10.6. The van der Waals surface area contributed by atoms with Crippen LogP contribution in [0.5, 0.6) is 0 Å². The maximum absolute atomic E-state index is 9.68. The molecule has 0 aliphatic heterocycles. The van der Waals surface area contributed by atoms with Gasteiger partial charge in [-0.2, -0.15) is 12.6 Å². The minimum atomic E-state index is -0.862. The van der Waals surface area contributed by atoms with Gasteiger partial charge in [-0.05, 0) is 29.9 Å². The van der Waals surface area contributed by atoms with Gasteiger partial charge in [0.1, 0.15) is 6.10 Å². The summed E-state index contributed by atoms with van der Waals surface area (Å²) >= 11 is 9.69. The number of halogens is 1. The van der Waals surface area contributed by atoms with Crippen LogP contribution in [0.3, 0.4) is 0 Å². The van der Waals surface area contributed by atoms with Gasteiger partial charge >= 0.3 is 0 Å². The highest BCUT2D eigenvalue weighted by molar-refractivity contribution is 7.80. The summed E-state index contributed by atoms with van der Waals surface area (Å²) in [6.07, 6.45) is -1.17. The van der Waals surface area contributed by atoms with Gasteiger partial charge in [-0.3, -0.25) is 0 Å². The number of benzene rings is 1. The highest BCUT2D eigenvalue weighted by Gasteiger charge is 2.16. The summed E-state index contributed by atoms with van der Waals surface area (Å²) in [4.78, 5) is 0. The van der Waals surface area contributed by atoms with Crippen molar-refractivity contribution in [2.45, 2.75) is 18.6 Å². The Morgan fingerprint density at radius 2 is 1.79 bits per heavy atom. The van der Waals surface area contributed by atoms with Crippen LogP contribution in [0.15, 0.2) is 24.3 Å². The predicted octanol–water partition coefficient (Wildman–Crippen LogP) is 2.05. The Labute approximate surface area is 93.9 Å². The quantitative estimate of drug-likeness (QED) is 0.696. The lowest BCUT2D eigenvalue weighted by molar-refractivity contribution is 0.0172. The van der Waals surface area contributed by atoms with Crippen molar-refractivity contribution in [3.8, 4) is 0 Å². The Morgan fingerprint density at radius 1 is 1.21 bits per heavy atom. The van der Waals surface area contributed by atoms with Gasteiger partial charge in [0.15, 0.2) is 0 Å². The number of aliphatic hydroxyl groups is 2. The van der Waals surface area contributed by atoms with Crippen LogP contribution in [-0.4, -0.2) is 22.1 Å². The van der Waals surface area contributed by atoms with E-state index in [1.54, 1.807) is 24.3 Å². The largest absolute Gasteiger partial charge is 0.390 e. The standard InChI is InChI=1S/C10H13ClO2S/c11-8-3-1-7(2-4-8)10(13)9(12)5-6-14/h1-4,9-10,12-14H,5-6H2. The first kappa shape index (κ1) is 11.9. The summed E-state index contributed by atoms with van der Waals surface area (Å²) < 4.78 is 0. The second-order valence-electron chi connectivity index (χ2n) is 3.08. The van der Waals surface area contributed by atoms with E-state index in [0.29, 0.717) is 22.8 Å². The molecule has 0 fully saturated rings. The second-order valence-corrected chi connectivity index (χ2v) is 3.96. The second kappa shape index (κ2) is 5.61. The van der Waals surface area contributed by atoms with Crippen molar-refractivity contribution in [3.05, 3.63) is 34.9 Å². The highest BCUT2D eigenvalue weighted by atomic mass is 35.5. The van der Waals surface area contributed by atoms with Crippen molar-refractivity contribution in [3.63, 3.8) is 0 Å². The predicted molar refractivity (Wildman–Crippen MR) is 60.9 cm³/mol. The van der Waals surface area contributed by atoms with Gasteiger partial charge < -0.3 is 10.2 Å². The third-order valence-corrected chi connectivity index (χ3v) is 2.51. The Hall–Kier alpha value is -0.220. The lowest BCUT2D eigenvalue weighted by atomic mass is 10.0. The van der Waals surface area contributed by atoms with E-state index in [2.05, 4.69) is 12.6 Å². The average Bonchev–Trinajstić information content (AvgIpc) is 2.18. The Bertz CT molecular complexity index is 276. The molecule has 0 radical (unpaired) electrons. The fraction of sp³-hybridized carbons (Fsp3) is 0.400. The fourth-order valence-corrected chi connectivity index (χ4v) is 1.56. The molecule has 2 N–H and O–H groups in total. The molecule has 1 aromatic carbocycles. The zero-order valence-electron chi connectivity index (χ0n) is 7.60. The van der Waals surface area contributed by atoms with Gasteiger partial charge in [0.25, 0.3) is 0 Å². The van der Waals surface area contributed by atoms with E-state index in [0.717, 1.165) is 0 Å². The minimum absolute atomic E-state index is 0.465. The van der Waals surface area contributed by atoms with Gasteiger partial charge in [-0.1, -0.05) is 23.7 Å². The SMILES string of the molecule is OC(CCS)C(O)c1ccc(Cl)cc1. The van der Waals surface area contributed by atoms with Crippen LogP contribution in [0, 0.1) is 0 Å². The van der Waals surface area contributed by atoms with Gasteiger partial charge in [0.05, 0.1) is 6.10 Å². The topological polar surface area (TPSA) is 40.5 Å². The lowest BCUT2D eigenvalue weighted by Gasteiger charge is -2.17. The summed E-state index contributed by atoms with van der Waals surface area (Å²) in [5, 5.41) is 19.8. The molecular formula is C10H13ClO2S. The molecule has 78 valence electrons. The molecule has 0 aliphatic rings. The van der Waals surface area contributed by atoms with Crippen LogP contribution in [0.4, 0.5) is 0 Å². The van der Waals surface area contributed by atoms with Crippen LogP contribution < -0.4 is 0 Å². The van der Waals surface area contributed by atoms with E-state index in [1.165, 1.54) is 0 Å². The number of thiol groups is 1. The van der Waals surface area contributed by atoms with Crippen molar-refractivity contribution in [2.75, 3.05) is 5.75 Å². The number of hydrogen-bond acceptors (Lipinski definition) is 3. The molecule has 2 unspecified atom stereocenters. The Morgan fingerprint density at radius 3 is 2.29 bits per heavy atom. The molecule has 1 rings (SSSR count). The monoisotopic (exact) mass is 232 g/mol. The van der Waals surface area contributed by atoms with Gasteiger partial charge in [0.2, 0.25) is 0 Å². The van der Waals surface area contributed by atoms with Crippen LogP contribution in [0.1, 0.15) is 18.1 Å². The van der Waals surface area contributed by atoms with E-state index < -0.39 is 12.2 Å². The van der Waals surface area contributed by atoms with E-state index >= 15 is 0 Å². The molecule has 0 heterocycles. The summed E-state index contributed by atoms with van der Waals surface area (Å²) in [6.45, 7) is 0. The van der Waals surface area contributed by atoms with Gasteiger partial charge in [-0.15, -0.1) is 0 Å². The van der Waals surface area contributed by atoms with E-state index in [9.17, 15) is 10.2 Å². The van der Waals surface area contributed by atoms with Crippen LogP contribution in [-0.2, 0) is 0 Å². The smallest absolute Gasteiger partial charge is 0.105 e. The highest BCUT2D eigenvalue weighted by Crippen LogP contribution is 2.20. The van der Waals surface area contributed by atoms with E-state index in [-0.39, 0.29) is 0 Å². The minimum Gasteiger partial charge on any atom is -0.390 e. The van der Waals surface area contributed by atoms with Crippen molar-refractivity contribution in [2.24, 2.45) is 0 Å². The zero-order valence-corrected chi connectivity index (χ0v) is 9.25. The van der Waals surface area contributed by atoms with Crippen molar-refractivity contribution >= 4 is 24.2 Å². The molecule has 14 heavy (non-hydrogen) atoms. The number of aliphatic hydroxyl groups excluding tert-OH is 2. The number of rotatable bonds is 4. The molecular weight excluding hydrogens is 220 g/mol. The molecule has 4 heteroatoms. The fourth-order valence-electron chi connectivity index (χ4n) is 1.17. The van der Waals surface area contributed by atoms with Crippen molar-refractivity contribution in [1.82, 2.24) is 0 Å². The van der Waals surface area contributed by atoms with Crippen molar-refractivity contribution in [1.29, 1.82) is 0 Å². The lowest BCUT2D eigenvalue weighted by Crippen LogP contribution is -2.18. The van der Waals surface area contributed by atoms with Crippen LogP contribution in [0.25, 0.3) is 0 Å². The molecule has 2 atom stereocenters. The van der Waals surface area contributed by atoms with Gasteiger partial charge in [-0.25, -0.2) is 0 Å². The third-order valence-electron chi connectivity index (χ3n) is 2.00. The summed E-state index contributed by atoms with van der Waals surface area (Å²) in [5.41, 5.74) is 0.670. The first-order valence-electron chi connectivity index (χ1n) is 4.37. The molecule has 0 aliphatic carbocycles. The van der Waals surface area contributed by atoms with Crippen LogP contribution in [0.2, 0.25) is 5.02 Å². The molecule has 0 spiro atoms. The first-order valence-corrected chi connectivity index (χ1v) is 5.38. The molecule has 0 saturated carbocycles. The summed E-state index contributed by atoms with van der Waals surface area (Å²) in [5.74, 6) is 0.547. The number of hydrogen-bond donors (Lipinski definition) is 3. The molecule has 0 aromatic heterocycles. The normalized spacial score (nSPS) is 15.1. The maximum Gasteiger partial charge on any atom is 0.105 e. The Kier molecular flexibility index (Phi) is 4.75. The van der Waals surface area contributed by atoms with Gasteiger partial charge in [0, 0.05) is 5.02 Å². The third kappa shape index (κ3) is 3.17. The van der Waals surface area contributed by atoms with Crippen molar-refractivity contribution < 1.29 is 10.2 Å². The first-order chi connectivity index (χ1) is 6.65. The van der Waals surface area contributed by atoms with Crippen LogP contribution >= 0.6 is 24.2 Å².